The number of halogens is 1. The van der Waals surface area contributed by atoms with E-state index in [1.807, 2.05) is 13.8 Å². The Morgan fingerprint density at radius 2 is 2.04 bits per heavy atom. The van der Waals surface area contributed by atoms with Gasteiger partial charge in [0.15, 0.2) is 0 Å². The zero-order chi connectivity index (χ0) is 16.8. The Balaban J connectivity index is 1.76. The first-order valence-corrected chi connectivity index (χ1v) is 8.22. The monoisotopic (exact) mass is 336 g/mol. The van der Waals surface area contributed by atoms with Crippen LogP contribution in [0.15, 0.2) is 18.2 Å². The van der Waals surface area contributed by atoms with Crippen LogP contribution < -0.4 is 10.2 Å². The Morgan fingerprint density at radius 3 is 2.65 bits per heavy atom. The van der Waals surface area contributed by atoms with Gasteiger partial charge in [-0.1, -0.05) is 31.5 Å². The summed E-state index contributed by atoms with van der Waals surface area (Å²) in [5, 5.41) is 13.2. The van der Waals surface area contributed by atoms with Crippen molar-refractivity contribution < 1.29 is 14.7 Å². The van der Waals surface area contributed by atoms with Crippen LogP contribution in [0.3, 0.4) is 0 Å². The van der Waals surface area contributed by atoms with Crippen molar-refractivity contribution in [2.45, 2.75) is 44.1 Å². The first kappa shape index (κ1) is 16.3. The summed E-state index contributed by atoms with van der Waals surface area (Å²) in [6.45, 7) is 4.53. The highest BCUT2D eigenvalue weighted by Crippen LogP contribution is 2.44. The first-order valence-electron chi connectivity index (χ1n) is 7.85. The molecule has 1 aliphatic heterocycles. The minimum absolute atomic E-state index is 0.122. The Bertz CT molecular complexity index is 668. The van der Waals surface area contributed by atoms with E-state index in [2.05, 4.69) is 5.32 Å². The van der Waals surface area contributed by atoms with Crippen molar-refractivity contribution in [1.29, 1.82) is 0 Å². The SMILES string of the molecule is CC1(C)CN(C(=O)C(=O)NCC2(O)CCC2)c2cccc(Cl)c21. The molecular weight excluding hydrogens is 316 g/mol. The van der Waals surface area contributed by atoms with Crippen LogP contribution in [-0.4, -0.2) is 35.6 Å². The van der Waals surface area contributed by atoms with E-state index in [0.717, 1.165) is 12.0 Å². The van der Waals surface area contributed by atoms with E-state index in [0.29, 0.717) is 30.1 Å². The Kier molecular flexibility index (Phi) is 3.89. The van der Waals surface area contributed by atoms with E-state index in [4.69, 9.17) is 11.6 Å². The molecule has 1 aromatic rings. The highest BCUT2D eigenvalue weighted by molar-refractivity contribution is 6.41. The predicted octanol–water partition coefficient (Wildman–Crippen LogP) is 2.00. The molecule has 23 heavy (non-hydrogen) atoms. The summed E-state index contributed by atoms with van der Waals surface area (Å²) in [5.74, 6) is -1.30. The minimum atomic E-state index is -0.846. The average molecular weight is 337 g/mol. The highest BCUT2D eigenvalue weighted by atomic mass is 35.5. The minimum Gasteiger partial charge on any atom is -0.388 e. The molecule has 1 fully saturated rings. The number of anilines is 1. The summed E-state index contributed by atoms with van der Waals surface area (Å²) in [7, 11) is 0. The number of amides is 2. The molecular formula is C17H21ClN2O3. The molecule has 1 heterocycles. The second kappa shape index (κ2) is 5.49. The lowest BCUT2D eigenvalue weighted by Gasteiger charge is -2.36. The number of carbonyl (C=O) groups excluding carboxylic acids is 2. The molecule has 3 rings (SSSR count). The van der Waals surface area contributed by atoms with E-state index >= 15 is 0 Å². The third kappa shape index (κ3) is 2.83. The van der Waals surface area contributed by atoms with Crippen LogP contribution in [0.5, 0.6) is 0 Å². The lowest BCUT2D eigenvalue weighted by molar-refractivity contribution is -0.138. The van der Waals surface area contributed by atoms with Crippen LogP contribution in [0.2, 0.25) is 5.02 Å². The summed E-state index contributed by atoms with van der Waals surface area (Å²) in [6.07, 6.45) is 2.28. The molecule has 2 N–H and O–H groups in total. The smallest absolute Gasteiger partial charge is 0.316 e. The van der Waals surface area contributed by atoms with Crippen LogP contribution in [0, 0.1) is 0 Å². The van der Waals surface area contributed by atoms with Crippen LogP contribution in [0.1, 0.15) is 38.7 Å². The van der Waals surface area contributed by atoms with Gasteiger partial charge in [-0.05, 0) is 31.4 Å². The van der Waals surface area contributed by atoms with E-state index in [-0.39, 0.29) is 12.0 Å². The number of benzene rings is 1. The number of hydrogen-bond donors (Lipinski definition) is 2. The van der Waals surface area contributed by atoms with Crippen LogP contribution in [-0.2, 0) is 15.0 Å². The van der Waals surface area contributed by atoms with Crippen LogP contribution >= 0.6 is 11.6 Å². The molecule has 0 saturated heterocycles. The van der Waals surface area contributed by atoms with Gasteiger partial charge in [0.1, 0.15) is 0 Å². The van der Waals surface area contributed by atoms with Gasteiger partial charge < -0.3 is 15.3 Å². The van der Waals surface area contributed by atoms with Gasteiger partial charge in [0.25, 0.3) is 0 Å². The van der Waals surface area contributed by atoms with Crippen molar-refractivity contribution in [2.24, 2.45) is 0 Å². The van der Waals surface area contributed by atoms with Gasteiger partial charge in [-0.2, -0.15) is 0 Å². The second-order valence-electron chi connectivity index (χ2n) is 7.17. The first-order chi connectivity index (χ1) is 10.7. The maximum absolute atomic E-state index is 12.5. The number of aliphatic hydroxyl groups is 1. The van der Waals surface area contributed by atoms with Gasteiger partial charge in [0.05, 0.1) is 5.60 Å². The number of nitrogens with zero attached hydrogens (tertiary/aromatic N) is 1. The lowest BCUT2D eigenvalue weighted by Crippen LogP contribution is -2.51. The summed E-state index contributed by atoms with van der Waals surface area (Å²) in [4.78, 5) is 26.2. The van der Waals surface area contributed by atoms with E-state index in [9.17, 15) is 14.7 Å². The van der Waals surface area contributed by atoms with Crippen molar-refractivity contribution in [3.8, 4) is 0 Å². The molecule has 0 bridgehead atoms. The van der Waals surface area contributed by atoms with Gasteiger partial charge in [0.2, 0.25) is 0 Å². The molecule has 1 saturated carbocycles. The Labute approximate surface area is 140 Å². The zero-order valence-electron chi connectivity index (χ0n) is 13.4. The third-order valence-corrected chi connectivity index (χ3v) is 5.13. The molecule has 0 radical (unpaired) electrons. The summed E-state index contributed by atoms with van der Waals surface area (Å²) >= 11 is 6.28. The van der Waals surface area contributed by atoms with Crippen LogP contribution in [0.25, 0.3) is 0 Å². The summed E-state index contributed by atoms with van der Waals surface area (Å²) < 4.78 is 0. The molecule has 0 spiro atoms. The fraction of sp³-hybridized carbons (Fsp3) is 0.529. The topological polar surface area (TPSA) is 69.6 Å². The van der Waals surface area contributed by atoms with E-state index in [1.54, 1.807) is 18.2 Å². The standard InChI is InChI=1S/C17H21ClN2O3/c1-16(2)10-20(12-6-3-5-11(18)13(12)16)15(22)14(21)19-9-17(23)7-4-8-17/h3,5-6,23H,4,7-10H2,1-2H3,(H,19,21). The average Bonchev–Trinajstić information content (AvgIpc) is 2.74. The molecule has 1 aromatic carbocycles. The fourth-order valence-corrected chi connectivity index (χ4v) is 3.78. The predicted molar refractivity (Wildman–Crippen MR) is 88.6 cm³/mol. The number of fused-ring (bicyclic) bond motifs is 1. The van der Waals surface area contributed by atoms with Gasteiger partial charge in [-0.15, -0.1) is 0 Å². The van der Waals surface area contributed by atoms with Gasteiger partial charge >= 0.3 is 11.8 Å². The third-order valence-electron chi connectivity index (χ3n) is 4.81. The Morgan fingerprint density at radius 1 is 1.35 bits per heavy atom. The quantitative estimate of drug-likeness (QED) is 0.811. The highest BCUT2D eigenvalue weighted by Gasteiger charge is 2.42. The van der Waals surface area contributed by atoms with Crippen molar-refractivity contribution in [3.05, 3.63) is 28.8 Å². The maximum atomic E-state index is 12.5. The Hall–Kier alpha value is -1.59. The van der Waals surface area contributed by atoms with Crippen LogP contribution in [0.4, 0.5) is 5.69 Å². The zero-order valence-corrected chi connectivity index (χ0v) is 14.1. The number of nitrogens with one attached hydrogen (secondary N) is 1. The summed E-state index contributed by atoms with van der Waals surface area (Å²) in [5.41, 5.74) is 0.419. The van der Waals surface area contributed by atoms with E-state index < -0.39 is 17.4 Å². The molecule has 6 heteroatoms. The van der Waals surface area contributed by atoms with Gasteiger partial charge in [-0.25, -0.2) is 0 Å². The van der Waals surface area contributed by atoms with Gasteiger partial charge in [-0.3, -0.25) is 9.59 Å². The molecule has 0 aromatic heterocycles. The fourth-order valence-electron chi connectivity index (χ4n) is 3.35. The molecule has 0 atom stereocenters. The van der Waals surface area contributed by atoms with Gasteiger partial charge in [0, 0.05) is 34.8 Å². The van der Waals surface area contributed by atoms with Crippen molar-refractivity contribution >= 4 is 29.1 Å². The molecule has 1 aliphatic carbocycles. The normalized spacial score (nSPS) is 20.6. The number of hydrogen-bond acceptors (Lipinski definition) is 3. The van der Waals surface area contributed by atoms with E-state index in [1.165, 1.54) is 4.90 Å². The number of rotatable bonds is 2. The molecule has 0 unspecified atom stereocenters. The largest absolute Gasteiger partial charge is 0.388 e. The molecule has 5 nitrogen and oxygen atoms in total. The van der Waals surface area contributed by atoms with Crippen molar-refractivity contribution in [1.82, 2.24) is 5.32 Å². The maximum Gasteiger partial charge on any atom is 0.316 e. The molecule has 2 amide bonds. The molecule has 2 aliphatic rings. The van der Waals surface area contributed by atoms with Crippen molar-refractivity contribution in [2.75, 3.05) is 18.0 Å². The summed E-state index contributed by atoms with van der Waals surface area (Å²) in [6, 6.07) is 5.38. The van der Waals surface area contributed by atoms with Crippen molar-refractivity contribution in [3.63, 3.8) is 0 Å². The number of carbonyl (C=O) groups is 2. The molecule has 124 valence electrons. The second-order valence-corrected chi connectivity index (χ2v) is 7.58. The lowest BCUT2D eigenvalue weighted by atomic mass is 9.80.